The molecular formula is C19H32O5. The lowest BCUT2D eigenvalue weighted by atomic mass is 9.48. The summed E-state index contributed by atoms with van der Waals surface area (Å²) in [4.78, 5) is 13.0. The van der Waals surface area contributed by atoms with Gasteiger partial charge < -0.3 is 18.9 Å². The smallest absolute Gasteiger partial charge is 0.314 e. The van der Waals surface area contributed by atoms with Crippen LogP contribution in [0.5, 0.6) is 0 Å². The van der Waals surface area contributed by atoms with Crippen molar-refractivity contribution >= 4 is 5.97 Å². The second kappa shape index (κ2) is 8.15. The average Bonchev–Trinajstić information content (AvgIpc) is 2.56. The zero-order valence-corrected chi connectivity index (χ0v) is 15.1. The second-order valence-electron chi connectivity index (χ2n) is 7.86. The number of ether oxygens (including phenoxy) is 4. The summed E-state index contributed by atoms with van der Waals surface area (Å²) in [5.74, 6) is 1.82. The third-order valence-corrected chi connectivity index (χ3v) is 6.12. The Labute approximate surface area is 145 Å². The summed E-state index contributed by atoms with van der Waals surface area (Å²) >= 11 is 0. The highest BCUT2D eigenvalue weighted by Crippen LogP contribution is 2.61. The maximum absolute atomic E-state index is 13.0. The van der Waals surface area contributed by atoms with Gasteiger partial charge in [-0.3, -0.25) is 4.79 Å². The summed E-state index contributed by atoms with van der Waals surface area (Å²) in [7, 11) is 1.66. The van der Waals surface area contributed by atoms with Gasteiger partial charge in [-0.2, -0.15) is 0 Å². The molecule has 0 aromatic rings. The van der Waals surface area contributed by atoms with E-state index in [2.05, 4.69) is 6.92 Å². The first kappa shape index (κ1) is 18.2. The Bertz CT molecular complexity index is 410. The van der Waals surface area contributed by atoms with Crippen LogP contribution in [0.2, 0.25) is 0 Å². The Hall–Kier alpha value is -0.650. The number of methoxy groups -OCH3 is 1. The van der Waals surface area contributed by atoms with Gasteiger partial charge in [-0.25, -0.2) is 0 Å². The lowest BCUT2D eigenvalue weighted by molar-refractivity contribution is -0.228. The molecule has 3 atom stereocenters. The molecular weight excluding hydrogens is 308 g/mol. The molecule has 0 spiro atoms. The molecule has 0 aromatic carbocycles. The van der Waals surface area contributed by atoms with E-state index in [4.69, 9.17) is 18.9 Å². The Balaban J connectivity index is 1.64. The first-order valence-corrected chi connectivity index (χ1v) is 9.55. The molecule has 3 unspecified atom stereocenters. The van der Waals surface area contributed by atoms with Gasteiger partial charge in [0, 0.05) is 7.11 Å². The van der Waals surface area contributed by atoms with Gasteiger partial charge in [0.1, 0.15) is 6.79 Å². The molecule has 0 saturated heterocycles. The van der Waals surface area contributed by atoms with E-state index >= 15 is 0 Å². The molecule has 0 radical (unpaired) electrons. The van der Waals surface area contributed by atoms with Gasteiger partial charge in [0.05, 0.1) is 31.3 Å². The minimum atomic E-state index is -0.424. The van der Waals surface area contributed by atoms with Crippen molar-refractivity contribution < 1.29 is 23.7 Å². The summed E-state index contributed by atoms with van der Waals surface area (Å²) < 4.78 is 22.3. The van der Waals surface area contributed by atoms with Crippen LogP contribution in [0.15, 0.2) is 0 Å². The number of carbonyl (C=O) groups excluding carboxylic acids is 1. The maximum Gasteiger partial charge on any atom is 0.314 e. The Morgan fingerprint density at radius 2 is 1.83 bits per heavy atom. The van der Waals surface area contributed by atoms with Crippen molar-refractivity contribution in [3.63, 3.8) is 0 Å². The molecule has 0 N–H and O–H groups in total. The van der Waals surface area contributed by atoms with E-state index in [-0.39, 0.29) is 18.9 Å². The van der Waals surface area contributed by atoms with Crippen LogP contribution in [0.3, 0.4) is 0 Å². The number of unbranched alkanes of at least 4 members (excludes halogenated alkanes) is 1. The van der Waals surface area contributed by atoms with Crippen LogP contribution in [0.4, 0.5) is 0 Å². The molecule has 0 amide bonds. The molecule has 138 valence electrons. The van der Waals surface area contributed by atoms with Crippen LogP contribution in [-0.2, 0) is 23.7 Å². The van der Waals surface area contributed by atoms with Crippen molar-refractivity contribution in [2.45, 2.75) is 58.0 Å². The lowest BCUT2D eigenvalue weighted by Gasteiger charge is -2.59. The van der Waals surface area contributed by atoms with Gasteiger partial charge in [-0.15, -0.1) is 0 Å². The zero-order valence-electron chi connectivity index (χ0n) is 15.1. The zero-order chi connectivity index (χ0) is 17.0. The molecule has 4 rings (SSSR count). The predicted octanol–water partition coefficient (Wildman–Crippen LogP) is 3.16. The van der Waals surface area contributed by atoms with Crippen molar-refractivity contribution in [1.29, 1.82) is 0 Å². The molecule has 4 aliphatic carbocycles. The summed E-state index contributed by atoms with van der Waals surface area (Å²) in [5.41, 5.74) is -0.424. The molecule has 5 nitrogen and oxygen atoms in total. The summed E-state index contributed by atoms with van der Waals surface area (Å²) in [6.07, 6.45) is 7.50. The standard InChI is InChI=1S/C19H32O5/c1-3-4-5-23-18(20)19-11-14-8-15(12-19)10-16(9-14)17(19)24-13-22-7-6-21-2/h14-17H,3-13H2,1-2H3. The van der Waals surface area contributed by atoms with Gasteiger partial charge in [-0.05, 0) is 56.3 Å². The molecule has 24 heavy (non-hydrogen) atoms. The fourth-order valence-electron chi connectivity index (χ4n) is 5.35. The van der Waals surface area contributed by atoms with Crippen LogP contribution < -0.4 is 0 Å². The van der Waals surface area contributed by atoms with Crippen LogP contribution in [0.25, 0.3) is 0 Å². The van der Waals surface area contributed by atoms with Gasteiger partial charge >= 0.3 is 5.97 Å². The number of carbonyl (C=O) groups is 1. The minimum absolute atomic E-state index is 0.0167. The van der Waals surface area contributed by atoms with Gasteiger partial charge in [0.15, 0.2) is 0 Å². The third kappa shape index (κ3) is 3.63. The predicted molar refractivity (Wildman–Crippen MR) is 89.4 cm³/mol. The van der Waals surface area contributed by atoms with E-state index < -0.39 is 5.41 Å². The highest BCUT2D eigenvalue weighted by atomic mass is 16.7. The minimum Gasteiger partial charge on any atom is -0.465 e. The largest absolute Gasteiger partial charge is 0.465 e. The summed E-state index contributed by atoms with van der Waals surface area (Å²) in [6.45, 7) is 3.97. The summed E-state index contributed by atoms with van der Waals surface area (Å²) in [5, 5.41) is 0. The molecule has 0 aliphatic heterocycles. The first-order chi connectivity index (χ1) is 11.7. The monoisotopic (exact) mass is 340 g/mol. The van der Waals surface area contributed by atoms with Crippen LogP contribution in [0, 0.1) is 23.2 Å². The fourth-order valence-corrected chi connectivity index (χ4v) is 5.35. The van der Waals surface area contributed by atoms with Gasteiger partial charge in [0.2, 0.25) is 0 Å². The second-order valence-corrected chi connectivity index (χ2v) is 7.86. The molecule has 4 fully saturated rings. The molecule has 4 bridgehead atoms. The molecule has 0 heterocycles. The highest BCUT2D eigenvalue weighted by molar-refractivity contribution is 5.78. The van der Waals surface area contributed by atoms with E-state index in [1.165, 1.54) is 19.3 Å². The Morgan fingerprint density at radius 3 is 2.50 bits per heavy atom. The molecule has 5 heteroatoms. The quantitative estimate of drug-likeness (QED) is 0.347. The highest BCUT2D eigenvalue weighted by Gasteiger charge is 2.62. The first-order valence-electron chi connectivity index (χ1n) is 9.55. The molecule has 4 aliphatic rings. The van der Waals surface area contributed by atoms with E-state index in [0.29, 0.717) is 37.6 Å². The normalized spacial score (nSPS) is 36.9. The lowest BCUT2D eigenvalue weighted by Crippen LogP contribution is -2.60. The van der Waals surface area contributed by atoms with Crippen molar-refractivity contribution in [3.05, 3.63) is 0 Å². The van der Waals surface area contributed by atoms with E-state index in [9.17, 15) is 4.79 Å². The summed E-state index contributed by atoms with van der Waals surface area (Å²) in [6, 6.07) is 0. The van der Waals surface area contributed by atoms with Gasteiger partial charge in [0.25, 0.3) is 0 Å². The Morgan fingerprint density at radius 1 is 1.08 bits per heavy atom. The van der Waals surface area contributed by atoms with Crippen molar-refractivity contribution in [1.82, 2.24) is 0 Å². The van der Waals surface area contributed by atoms with Crippen molar-refractivity contribution in [3.8, 4) is 0 Å². The maximum atomic E-state index is 13.0. The number of hydrogen-bond donors (Lipinski definition) is 0. The molecule has 0 aromatic heterocycles. The third-order valence-electron chi connectivity index (χ3n) is 6.12. The van der Waals surface area contributed by atoms with E-state index in [1.807, 2.05) is 0 Å². The number of rotatable bonds is 10. The number of esters is 1. The fraction of sp³-hybridized carbons (Fsp3) is 0.947. The van der Waals surface area contributed by atoms with Crippen LogP contribution in [-0.4, -0.2) is 45.8 Å². The van der Waals surface area contributed by atoms with E-state index in [1.54, 1.807) is 7.11 Å². The topological polar surface area (TPSA) is 54.0 Å². The van der Waals surface area contributed by atoms with E-state index in [0.717, 1.165) is 25.7 Å². The SMILES string of the molecule is CCCCOC(=O)C12CC3CC(CC(C3)C1OCOCCOC)C2. The van der Waals surface area contributed by atoms with Crippen molar-refractivity contribution in [2.24, 2.45) is 23.2 Å². The van der Waals surface area contributed by atoms with Crippen molar-refractivity contribution in [2.75, 3.05) is 33.7 Å². The van der Waals surface area contributed by atoms with Gasteiger partial charge in [-0.1, -0.05) is 13.3 Å². The molecule has 4 saturated carbocycles. The average molecular weight is 340 g/mol. The number of hydrogen-bond acceptors (Lipinski definition) is 5. The van der Waals surface area contributed by atoms with Crippen LogP contribution in [0.1, 0.15) is 51.9 Å². The van der Waals surface area contributed by atoms with Crippen LogP contribution >= 0.6 is 0 Å². The Kier molecular flexibility index (Phi) is 6.17.